The van der Waals surface area contributed by atoms with Crippen molar-refractivity contribution in [3.63, 3.8) is 0 Å². The van der Waals surface area contributed by atoms with Gasteiger partial charge in [0, 0.05) is 16.4 Å². The van der Waals surface area contributed by atoms with Crippen LogP contribution in [0.15, 0.2) is 57.4 Å². The molecule has 2 atom stereocenters. The van der Waals surface area contributed by atoms with Gasteiger partial charge in [-0.1, -0.05) is 30.0 Å². The van der Waals surface area contributed by atoms with Crippen LogP contribution in [-0.2, 0) is 20.8 Å². The second-order valence-corrected chi connectivity index (χ2v) is 11.6. The van der Waals surface area contributed by atoms with Gasteiger partial charge < -0.3 is 10.4 Å². The molecule has 1 fully saturated rings. The van der Waals surface area contributed by atoms with E-state index in [2.05, 4.69) is 10.3 Å². The van der Waals surface area contributed by atoms with Gasteiger partial charge >= 0.3 is 5.97 Å². The summed E-state index contributed by atoms with van der Waals surface area (Å²) >= 11 is 6.02. The number of rotatable bonds is 7. The van der Waals surface area contributed by atoms with Gasteiger partial charge in [0.25, 0.3) is 5.91 Å². The minimum atomic E-state index is -1.12. The fourth-order valence-corrected chi connectivity index (χ4v) is 7.91. The number of nitrogens with one attached hydrogen (secondary N) is 1. The van der Waals surface area contributed by atoms with Crippen molar-refractivity contribution in [3.05, 3.63) is 57.9 Å². The average molecular weight is 504 g/mol. The first kappa shape index (κ1) is 21.5. The first-order chi connectivity index (χ1) is 15.5. The van der Waals surface area contributed by atoms with Gasteiger partial charge in [-0.25, -0.2) is 9.78 Å². The van der Waals surface area contributed by atoms with Crippen molar-refractivity contribution in [1.82, 2.24) is 15.2 Å². The number of carboxylic acid groups (broad SMARTS) is 1. The molecule has 7 nitrogen and oxygen atoms in total. The maximum Gasteiger partial charge on any atom is 0.352 e. The van der Waals surface area contributed by atoms with E-state index in [0.29, 0.717) is 17.1 Å². The van der Waals surface area contributed by atoms with Crippen LogP contribution in [0.5, 0.6) is 0 Å². The topological polar surface area (TPSA) is 99.6 Å². The minimum Gasteiger partial charge on any atom is -0.477 e. The molecule has 4 heterocycles. The Morgan fingerprint density at radius 2 is 2.09 bits per heavy atom. The number of aliphatic carboxylic acids is 1. The Morgan fingerprint density at radius 1 is 1.25 bits per heavy atom. The number of β-lactam (4-membered cyclic amide) rings is 1. The highest BCUT2D eigenvalue weighted by atomic mass is 32.2. The number of fused-ring (bicyclic) bond motifs is 2. The van der Waals surface area contributed by atoms with Gasteiger partial charge in [-0.2, -0.15) is 0 Å². The molecule has 2 aliphatic rings. The van der Waals surface area contributed by atoms with E-state index in [1.54, 1.807) is 11.3 Å². The van der Waals surface area contributed by atoms with Gasteiger partial charge in [0.15, 0.2) is 4.34 Å². The number of thioether (sulfide) groups is 2. The normalized spacial score (nSPS) is 20.2. The summed E-state index contributed by atoms with van der Waals surface area (Å²) in [7, 11) is 0. The van der Waals surface area contributed by atoms with Crippen LogP contribution in [0, 0.1) is 0 Å². The zero-order valence-electron chi connectivity index (χ0n) is 16.5. The van der Waals surface area contributed by atoms with E-state index >= 15 is 0 Å². The Kier molecular flexibility index (Phi) is 5.97. The van der Waals surface area contributed by atoms with Gasteiger partial charge in [-0.3, -0.25) is 14.5 Å². The molecule has 0 radical (unpaired) electrons. The highest BCUT2D eigenvalue weighted by molar-refractivity contribution is 8.02. The van der Waals surface area contributed by atoms with Crippen LogP contribution in [0.1, 0.15) is 4.88 Å². The molecule has 0 aliphatic carbocycles. The molecular weight excluding hydrogens is 487 g/mol. The molecule has 11 heteroatoms. The van der Waals surface area contributed by atoms with E-state index in [1.807, 2.05) is 41.8 Å². The Labute approximate surface area is 199 Å². The summed E-state index contributed by atoms with van der Waals surface area (Å²) in [6.07, 6.45) is 0.213. The van der Waals surface area contributed by atoms with Crippen LogP contribution in [0.25, 0.3) is 10.2 Å². The van der Waals surface area contributed by atoms with Crippen LogP contribution in [0.2, 0.25) is 0 Å². The number of hydrogen-bond acceptors (Lipinski definition) is 8. The monoisotopic (exact) mass is 503 g/mol. The second-order valence-electron chi connectivity index (χ2n) is 7.20. The lowest BCUT2D eigenvalue weighted by molar-refractivity contribution is -0.150. The molecule has 5 rings (SSSR count). The van der Waals surface area contributed by atoms with Gasteiger partial charge in [-0.15, -0.1) is 34.4 Å². The fraction of sp³-hybridized carbons (Fsp3) is 0.238. The van der Waals surface area contributed by atoms with Crippen molar-refractivity contribution >= 4 is 74.2 Å². The molecule has 2 aliphatic heterocycles. The van der Waals surface area contributed by atoms with Crippen LogP contribution in [-0.4, -0.2) is 55.7 Å². The number of benzene rings is 1. The highest BCUT2D eigenvalue weighted by Crippen LogP contribution is 2.42. The predicted molar refractivity (Wildman–Crippen MR) is 128 cm³/mol. The Balaban J connectivity index is 1.28. The summed E-state index contributed by atoms with van der Waals surface area (Å²) < 4.78 is 1.95. The second kappa shape index (κ2) is 8.89. The predicted octanol–water partition coefficient (Wildman–Crippen LogP) is 3.43. The summed E-state index contributed by atoms with van der Waals surface area (Å²) in [4.78, 5) is 43.9. The molecule has 32 heavy (non-hydrogen) atoms. The van der Waals surface area contributed by atoms with Crippen molar-refractivity contribution < 1.29 is 19.5 Å². The van der Waals surface area contributed by atoms with Crippen LogP contribution >= 0.6 is 46.2 Å². The van der Waals surface area contributed by atoms with E-state index in [4.69, 9.17) is 0 Å². The van der Waals surface area contributed by atoms with Crippen molar-refractivity contribution in [2.45, 2.75) is 22.2 Å². The molecule has 1 unspecified atom stereocenters. The number of thiophene rings is 1. The summed E-state index contributed by atoms with van der Waals surface area (Å²) in [5, 5.41) is 14.1. The van der Waals surface area contributed by atoms with Crippen molar-refractivity contribution in [3.8, 4) is 0 Å². The molecule has 0 saturated carbocycles. The number of carboxylic acids is 1. The van der Waals surface area contributed by atoms with Crippen molar-refractivity contribution in [2.75, 3.05) is 11.5 Å². The first-order valence-electron chi connectivity index (χ1n) is 9.71. The van der Waals surface area contributed by atoms with E-state index in [-0.39, 0.29) is 23.9 Å². The van der Waals surface area contributed by atoms with Crippen LogP contribution < -0.4 is 5.32 Å². The molecule has 2 aromatic heterocycles. The molecule has 2 amide bonds. The summed E-state index contributed by atoms with van der Waals surface area (Å²) in [5.74, 6) is -0.788. The zero-order valence-corrected chi connectivity index (χ0v) is 19.8. The van der Waals surface area contributed by atoms with Crippen molar-refractivity contribution in [2.24, 2.45) is 0 Å². The Morgan fingerprint density at radius 3 is 2.84 bits per heavy atom. The molecule has 0 bridgehead atoms. The smallest absolute Gasteiger partial charge is 0.352 e. The molecule has 0 spiro atoms. The van der Waals surface area contributed by atoms with Crippen molar-refractivity contribution in [1.29, 1.82) is 0 Å². The number of thiazole rings is 1. The lowest BCUT2D eigenvalue weighted by Crippen LogP contribution is -2.70. The molecule has 1 aromatic carbocycles. The molecule has 164 valence electrons. The lowest BCUT2D eigenvalue weighted by atomic mass is 10.0. The number of amides is 2. The Bertz CT molecular complexity index is 1200. The number of carbonyl (C=O) groups excluding carboxylic acids is 2. The molecule has 1 saturated heterocycles. The Hall–Kier alpha value is -2.34. The van der Waals surface area contributed by atoms with Gasteiger partial charge in [0.05, 0.1) is 16.6 Å². The summed E-state index contributed by atoms with van der Waals surface area (Å²) in [6, 6.07) is 10.9. The largest absolute Gasteiger partial charge is 0.477 e. The standard InChI is InChI=1S/C21H17N3O4S4/c25-15(8-12-4-3-7-29-12)23-16-18(26)24-17(20(27)28)11(9-30-19(16)24)10-31-21-22-13-5-1-2-6-14(13)32-21/h1-7,16,19H,8-10H2,(H,23,25)(H,27,28)/t16?,19-/m1/s1. The van der Waals surface area contributed by atoms with Crippen LogP contribution in [0.3, 0.4) is 0 Å². The number of aromatic nitrogens is 1. The van der Waals surface area contributed by atoms with Gasteiger partial charge in [0.1, 0.15) is 17.1 Å². The highest BCUT2D eigenvalue weighted by Gasteiger charge is 2.54. The number of carbonyl (C=O) groups is 3. The molecular formula is C21H17N3O4S4. The molecule has 3 aromatic rings. The number of nitrogens with zero attached hydrogens (tertiary/aromatic N) is 2. The van der Waals surface area contributed by atoms with E-state index in [0.717, 1.165) is 19.4 Å². The summed E-state index contributed by atoms with van der Waals surface area (Å²) in [6.45, 7) is 0. The van der Waals surface area contributed by atoms with Gasteiger partial charge in [0.2, 0.25) is 5.91 Å². The summed E-state index contributed by atoms with van der Waals surface area (Å²) in [5.41, 5.74) is 1.65. The number of hydrogen-bond donors (Lipinski definition) is 2. The third kappa shape index (κ3) is 4.05. The zero-order chi connectivity index (χ0) is 22.2. The van der Waals surface area contributed by atoms with Gasteiger partial charge in [-0.05, 0) is 29.2 Å². The maximum atomic E-state index is 12.8. The number of para-hydroxylation sites is 1. The maximum absolute atomic E-state index is 12.8. The third-order valence-corrected chi connectivity index (χ3v) is 9.61. The first-order valence-corrected chi connectivity index (χ1v) is 13.4. The molecule has 2 N–H and O–H groups in total. The van der Waals surface area contributed by atoms with E-state index in [1.165, 1.54) is 39.8 Å². The third-order valence-electron chi connectivity index (χ3n) is 5.13. The SMILES string of the molecule is O=C(Cc1cccs1)NC1C(=O)N2C(C(=O)O)=C(CSc3nc4ccccc4s3)CS[C@H]12. The lowest BCUT2D eigenvalue weighted by Gasteiger charge is -2.49. The minimum absolute atomic E-state index is 0.0381. The van der Waals surface area contributed by atoms with E-state index in [9.17, 15) is 19.5 Å². The van der Waals surface area contributed by atoms with E-state index < -0.39 is 17.4 Å². The van der Waals surface area contributed by atoms with Crippen LogP contribution in [0.4, 0.5) is 0 Å². The average Bonchev–Trinajstić information content (AvgIpc) is 3.44. The fourth-order valence-electron chi connectivity index (χ4n) is 3.65. The quantitative estimate of drug-likeness (QED) is 0.376.